The van der Waals surface area contributed by atoms with Crippen LogP contribution < -0.4 is 19.7 Å². The molecule has 228 valence electrons. The molecule has 0 saturated carbocycles. The number of halogens is 1. The lowest BCUT2D eigenvalue weighted by Gasteiger charge is -2.45. The molecule has 4 heterocycles. The summed E-state index contributed by atoms with van der Waals surface area (Å²) in [6.45, 7) is 5.37. The molecule has 44 heavy (non-hydrogen) atoms. The van der Waals surface area contributed by atoms with Crippen LogP contribution in [-0.2, 0) is 4.79 Å². The second-order valence-corrected chi connectivity index (χ2v) is 10.9. The summed E-state index contributed by atoms with van der Waals surface area (Å²) in [6, 6.07) is 8.66. The summed E-state index contributed by atoms with van der Waals surface area (Å²) in [5.74, 6) is 1.34. The van der Waals surface area contributed by atoms with Crippen molar-refractivity contribution in [2.24, 2.45) is 5.10 Å². The van der Waals surface area contributed by atoms with Gasteiger partial charge in [-0.25, -0.2) is 14.4 Å². The van der Waals surface area contributed by atoms with Crippen LogP contribution in [0.5, 0.6) is 11.5 Å². The Bertz CT molecular complexity index is 1670. The zero-order chi connectivity index (χ0) is 30.6. The minimum atomic E-state index is -0.512. The Kier molecular flexibility index (Phi) is 8.42. The quantitative estimate of drug-likeness (QED) is 0.303. The number of benzene rings is 2. The van der Waals surface area contributed by atoms with Crippen LogP contribution in [0.1, 0.15) is 6.92 Å². The van der Waals surface area contributed by atoms with Crippen molar-refractivity contribution in [3.8, 4) is 11.5 Å². The van der Waals surface area contributed by atoms with Gasteiger partial charge in [0.1, 0.15) is 24.5 Å². The highest BCUT2D eigenvalue weighted by Gasteiger charge is 2.35. The van der Waals surface area contributed by atoms with E-state index in [0.717, 1.165) is 5.69 Å². The van der Waals surface area contributed by atoms with Crippen molar-refractivity contribution in [2.45, 2.75) is 13.0 Å². The number of nitrogens with zero attached hydrogens (tertiary/aromatic N) is 7. The number of rotatable bonds is 8. The molecule has 6 rings (SSSR count). The zero-order valence-corrected chi connectivity index (χ0v) is 25.0. The SMILES string of the molecule is C/C=N\N1C=CC(Oc2ccc(Nc3ncnc4ccc5c(c34)OCC3CN(C(=O)/C=C/CN(C)C)CCN53)cc2F)=CC1. The van der Waals surface area contributed by atoms with Gasteiger partial charge in [0.15, 0.2) is 17.3 Å². The third-order valence-electron chi connectivity index (χ3n) is 7.57. The van der Waals surface area contributed by atoms with Crippen LogP contribution >= 0.6 is 0 Å². The number of hydrogen-bond donors (Lipinski definition) is 1. The van der Waals surface area contributed by atoms with Gasteiger partial charge < -0.3 is 29.5 Å². The number of carbonyl (C=O) groups excluding carboxylic acids is 1. The molecule has 1 fully saturated rings. The van der Waals surface area contributed by atoms with E-state index in [1.54, 1.807) is 41.7 Å². The lowest BCUT2D eigenvalue weighted by atomic mass is 10.1. The molecule has 2 aromatic carbocycles. The van der Waals surface area contributed by atoms with E-state index in [9.17, 15) is 4.79 Å². The predicted molar refractivity (Wildman–Crippen MR) is 169 cm³/mol. The molecular weight excluding hydrogens is 563 g/mol. The molecule has 1 aromatic heterocycles. The Labute approximate surface area is 255 Å². The van der Waals surface area contributed by atoms with Gasteiger partial charge in [-0.2, -0.15) is 5.10 Å². The van der Waals surface area contributed by atoms with Gasteiger partial charge in [-0.15, -0.1) is 0 Å². The van der Waals surface area contributed by atoms with Gasteiger partial charge >= 0.3 is 0 Å². The van der Waals surface area contributed by atoms with Crippen molar-refractivity contribution in [3.05, 3.63) is 78.7 Å². The highest BCUT2D eigenvalue weighted by Crippen LogP contribution is 2.43. The van der Waals surface area contributed by atoms with Crippen molar-refractivity contribution in [3.63, 3.8) is 0 Å². The van der Waals surface area contributed by atoms with Crippen LogP contribution in [0.15, 0.2) is 78.0 Å². The summed E-state index contributed by atoms with van der Waals surface area (Å²) in [7, 11) is 3.94. The minimum Gasteiger partial charge on any atom is -0.488 e. The van der Waals surface area contributed by atoms with Crippen LogP contribution in [-0.4, -0.2) is 96.4 Å². The van der Waals surface area contributed by atoms with Gasteiger partial charge in [-0.3, -0.25) is 9.80 Å². The molecule has 1 amide bonds. The fourth-order valence-electron chi connectivity index (χ4n) is 5.45. The number of ether oxygens (including phenoxy) is 2. The first-order valence-corrected chi connectivity index (χ1v) is 14.5. The predicted octanol–water partition coefficient (Wildman–Crippen LogP) is 4.14. The maximum absolute atomic E-state index is 15.1. The molecule has 0 radical (unpaired) electrons. The lowest BCUT2D eigenvalue weighted by Crippen LogP contribution is -2.58. The fourth-order valence-corrected chi connectivity index (χ4v) is 5.45. The Morgan fingerprint density at radius 2 is 2.14 bits per heavy atom. The molecule has 1 saturated heterocycles. The number of likely N-dealkylation sites (N-methyl/N-ethyl adjacent to an activating group) is 1. The third-order valence-corrected chi connectivity index (χ3v) is 7.57. The summed E-state index contributed by atoms with van der Waals surface area (Å²) < 4.78 is 27.2. The lowest BCUT2D eigenvalue weighted by molar-refractivity contribution is -0.127. The smallest absolute Gasteiger partial charge is 0.246 e. The molecule has 12 heteroatoms. The van der Waals surface area contributed by atoms with E-state index < -0.39 is 5.82 Å². The van der Waals surface area contributed by atoms with Gasteiger partial charge in [0, 0.05) is 56.4 Å². The van der Waals surface area contributed by atoms with Crippen molar-refractivity contribution in [1.29, 1.82) is 0 Å². The molecule has 11 nitrogen and oxygen atoms in total. The van der Waals surface area contributed by atoms with Crippen molar-refractivity contribution < 1.29 is 18.7 Å². The van der Waals surface area contributed by atoms with Gasteiger partial charge in [-0.05, 0) is 57.4 Å². The number of allylic oxidation sites excluding steroid dienone is 1. The Morgan fingerprint density at radius 3 is 2.91 bits per heavy atom. The summed E-state index contributed by atoms with van der Waals surface area (Å²) in [5.41, 5.74) is 2.14. The number of amides is 1. The number of aromatic nitrogens is 2. The van der Waals surface area contributed by atoms with E-state index in [1.807, 2.05) is 55.1 Å². The van der Waals surface area contributed by atoms with E-state index in [4.69, 9.17) is 9.47 Å². The number of anilines is 3. The van der Waals surface area contributed by atoms with Crippen molar-refractivity contribution in [1.82, 2.24) is 24.8 Å². The van der Waals surface area contributed by atoms with Crippen LogP contribution in [0.3, 0.4) is 0 Å². The monoisotopic (exact) mass is 598 g/mol. The first-order chi connectivity index (χ1) is 21.4. The average Bonchev–Trinajstić information content (AvgIpc) is 3.02. The Hall–Kier alpha value is -4.97. The molecule has 0 aliphatic carbocycles. The Balaban J connectivity index is 1.19. The molecule has 1 unspecified atom stereocenters. The molecule has 3 aromatic rings. The molecule has 1 atom stereocenters. The minimum absolute atomic E-state index is 0.0135. The number of piperazine rings is 1. The summed E-state index contributed by atoms with van der Waals surface area (Å²) >= 11 is 0. The largest absolute Gasteiger partial charge is 0.488 e. The van der Waals surface area contributed by atoms with E-state index in [2.05, 4.69) is 25.3 Å². The number of hydrazone groups is 1. The Morgan fingerprint density at radius 1 is 1.25 bits per heavy atom. The average molecular weight is 599 g/mol. The number of fused-ring (bicyclic) bond motifs is 5. The maximum Gasteiger partial charge on any atom is 0.246 e. The van der Waals surface area contributed by atoms with Crippen molar-refractivity contribution >= 4 is 40.2 Å². The van der Waals surface area contributed by atoms with Gasteiger partial charge in [0.05, 0.1) is 29.2 Å². The standard InChI is InChI=1S/C32H35FN8O3/c1-4-36-40-14-11-24(12-15-40)44-28-10-7-22(18-25(28)33)37-32-30-26(34-21-35-32)8-9-27-31(30)43-20-23-19-39(16-17-41(23)27)29(42)6-5-13-38(2)3/h4-12,14,18,21,23H,13,15-17,19-20H2,1-3H3,(H,34,35,37)/b6-5+,36-4-. The third kappa shape index (κ3) is 6.20. The van der Waals surface area contributed by atoms with Crippen LogP contribution in [0, 0.1) is 5.82 Å². The number of carbonyl (C=O) groups is 1. The van der Waals surface area contributed by atoms with E-state index in [0.29, 0.717) is 73.2 Å². The van der Waals surface area contributed by atoms with E-state index >= 15 is 4.39 Å². The van der Waals surface area contributed by atoms with Gasteiger partial charge in [0.2, 0.25) is 5.91 Å². The first-order valence-electron chi connectivity index (χ1n) is 14.5. The molecule has 3 aliphatic heterocycles. The highest BCUT2D eigenvalue weighted by molar-refractivity contribution is 6.00. The van der Waals surface area contributed by atoms with Gasteiger partial charge in [-0.1, -0.05) is 6.08 Å². The molecule has 1 N–H and O–H groups in total. The van der Waals surface area contributed by atoms with E-state index in [-0.39, 0.29) is 17.7 Å². The summed E-state index contributed by atoms with van der Waals surface area (Å²) in [4.78, 5) is 27.9. The van der Waals surface area contributed by atoms with Crippen molar-refractivity contribution in [2.75, 3.05) is 63.6 Å². The second kappa shape index (κ2) is 12.7. The summed E-state index contributed by atoms with van der Waals surface area (Å²) in [5, 5.41) is 9.90. The molecule has 0 bridgehead atoms. The topological polar surface area (TPSA) is 98.7 Å². The van der Waals surface area contributed by atoms with Crippen LogP contribution in [0.4, 0.5) is 21.6 Å². The highest BCUT2D eigenvalue weighted by atomic mass is 19.1. The van der Waals surface area contributed by atoms with E-state index in [1.165, 1.54) is 12.4 Å². The number of nitrogens with one attached hydrogen (secondary N) is 1. The number of hydrogen-bond acceptors (Lipinski definition) is 10. The summed E-state index contributed by atoms with van der Waals surface area (Å²) in [6.07, 6.45) is 12.1. The normalized spacial score (nSPS) is 18.1. The second-order valence-electron chi connectivity index (χ2n) is 10.9. The fraction of sp³-hybridized carbons (Fsp3) is 0.312. The maximum atomic E-state index is 15.1. The molecule has 0 spiro atoms. The molecule has 3 aliphatic rings. The molecular formula is C32H35FN8O3. The van der Waals surface area contributed by atoms with Crippen LogP contribution in [0.2, 0.25) is 0 Å². The van der Waals surface area contributed by atoms with Gasteiger partial charge in [0.25, 0.3) is 0 Å². The zero-order valence-electron chi connectivity index (χ0n) is 25.0. The van der Waals surface area contributed by atoms with Crippen LogP contribution in [0.25, 0.3) is 10.9 Å². The first kappa shape index (κ1) is 29.1.